The fourth-order valence-corrected chi connectivity index (χ4v) is 16.3. The summed E-state index contributed by atoms with van der Waals surface area (Å²) in [6.45, 7) is 7.18. The zero-order valence-corrected chi connectivity index (χ0v) is 42.4. The first-order valence-corrected chi connectivity index (χ1v) is 27.4. The molecule has 8 rings (SSSR count). The standard InChI is InChI=1S/C56H58BrN3O7SSi/c1-55(2,3)69(48-27-15-7-16-28-48,49-29-17-8-18-30-49)67-38-37-47(61)40-59-51(39-58-68(64,65)53-32-20-19-31-50(53)60(62)63)54(42-33-35-46(57)36-34-42)52(59)41-66-56(43-21-9-4-10-22-43,44-23-11-5-12-24-44)45-25-13-6-14-26-45/h4-36,47,51-52,54,58,61H,37-41H2,1-3H3/t47-,51-,52+,54+/m0/s1. The number of benzene rings is 7. The molecule has 0 amide bonds. The Morgan fingerprint density at radius 1 is 0.696 bits per heavy atom. The molecule has 0 radical (unpaired) electrons. The van der Waals surface area contributed by atoms with Gasteiger partial charge in [0, 0.05) is 48.2 Å². The van der Waals surface area contributed by atoms with Crippen molar-refractivity contribution in [3.8, 4) is 0 Å². The number of halogens is 1. The number of hydrogen-bond donors (Lipinski definition) is 2. The van der Waals surface area contributed by atoms with Crippen molar-refractivity contribution in [1.82, 2.24) is 9.62 Å². The molecule has 0 aliphatic carbocycles. The minimum atomic E-state index is -4.36. The fourth-order valence-electron chi connectivity index (χ4n) is 10.2. The summed E-state index contributed by atoms with van der Waals surface area (Å²) < 4.78 is 46.4. The van der Waals surface area contributed by atoms with E-state index in [1.54, 1.807) is 0 Å². The first kappa shape index (κ1) is 49.8. The van der Waals surface area contributed by atoms with E-state index >= 15 is 0 Å². The van der Waals surface area contributed by atoms with Gasteiger partial charge in [-0.2, -0.15) is 0 Å². The van der Waals surface area contributed by atoms with E-state index in [-0.39, 0.29) is 43.3 Å². The Hall–Kier alpha value is -5.61. The maximum atomic E-state index is 14.1. The monoisotopic (exact) mass is 1020 g/mol. The van der Waals surface area contributed by atoms with Crippen molar-refractivity contribution in [2.75, 3.05) is 26.3 Å². The van der Waals surface area contributed by atoms with Gasteiger partial charge in [-0.1, -0.05) is 213 Å². The molecule has 4 atom stereocenters. The third-order valence-electron chi connectivity index (χ3n) is 13.4. The average Bonchev–Trinajstić information content (AvgIpc) is 3.36. The van der Waals surface area contributed by atoms with Gasteiger partial charge in [-0.05, 0) is 62.3 Å². The number of aliphatic hydroxyl groups excluding tert-OH is 1. The Kier molecular flexibility index (Phi) is 15.6. The van der Waals surface area contributed by atoms with Crippen LogP contribution in [0.1, 0.15) is 55.4 Å². The van der Waals surface area contributed by atoms with Crippen LogP contribution >= 0.6 is 15.9 Å². The Balaban J connectivity index is 1.16. The van der Waals surface area contributed by atoms with E-state index in [0.29, 0.717) is 6.42 Å². The van der Waals surface area contributed by atoms with E-state index in [1.165, 1.54) is 24.3 Å². The molecule has 1 aliphatic heterocycles. The smallest absolute Gasteiger partial charge is 0.289 e. The number of nitro groups is 1. The van der Waals surface area contributed by atoms with E-state index in [2.05, 4.69) is 107 Å². The SMILES string of the molecule is CC(C)(C)[Si](OCC[C@H](O)CN1[C@H](COC(c2ccccc2)(c2ccccc2)c2ccccc2)[C@H](c2ccc(Br)cc2)[C@@H]1CNS(=O)(=O)c1ccccc1[N+](=O)[O-])(c1ccccc1)c1ccccc1. The lowest BCUT2D eigenvalue weighted by Crippen LogP contribution is -2.68. The summed E-state index contributed by atoms with van der Waals surface area (Å²) in [6, 6.07) is 63.6. The Morgan fingerprint density at radius 2 is 1.16 bits per heavy atom. The quantitative estimate of drug-likeness (QED) is 0.0334. The molecule has 1 saturated heterocycles. The number of nitrogens with zero attached hydrogens (tertiary/aromatic N) is 2. The molecule has 1 aliphatic rings. The molecular weight excluding hydrogens is 967 g/mol. The summed E-state index contributed by atoms with van der Waals surface area (Å²) in [5.74, 6) is -0.299. The van der Waals surface area contributed by atoms with Crippen LogP contribution < -0.4 is 15.1 Å². The number of hydrogen-bond acceptors (Lipinski definition) is 8. The van der Waals surface area contributed by atoms with Crippen molar-refractivity contribution in [2.45, 2.75) is 66.8 Å². The lowest BCUT2D eigenvalue weighted by Gasteiger charge is -2.57. The number of β-amino-alcohol motifs (C(OH)–C–C–N with tert-alkyl or cyclic N) is 1. The van der Waals surface area contributed by atoms with Gasteiger partial charge in [0.05, 0.1) is 17.6 Å². The number of aliphatic hydroxyl groups is 1. The van der Waals surface area contributed by atoms with Gasteiger partial charge < -0.3 is 14.3 Å². The molecule has 0 spiro atoms. The first-order chi connectivity index (χ1) is 33.3. The summed E-state index contributed by atoms with van der Waals surface area (Å²) in [5, 5.41) is 26.3. The number of nitrogens with one attached hydrogen (secondary N) is 1. The highest BCUT2D eigenvalue weighted by atomic mass is 79.9. The molecule has 1 heterocycles. The predicted octanol–water partition coefficient (Wildman–Crippen LogP) is 9.81. The number of sulfonamides is 1. The molecule has 10 nitrogen and oxygen atoms in total. The number of nitro benzene ring substituents is 1. The molecule has 0 saturated carbocycles. The highest BCUT2D eigenvalue weighted by Gasteiger charge is 2.53. The molecule has 0 aromatic heterocycles. The highest BCUT2D eigenvalue weighted by molar-refractivity contribution is 9.10. The van der Waals surface area contributed by atoms with Gasteiger partial charge in [-0.15, -0.1) is 0 Å². The van der Waals surface area contributed by atoms with Gasteiger partial charge in [0.1, 0.15) is 5.60 Å². The van der Waals surface area contributed by atoms with Crippen LogP contribution in [0.2, 0.25) is 5.04 Å². The van der Waals surface area contributed by atoms with Crippen molar-refractivity contribution in [2.24, 2.45) is 0 Å². The topological polar surface area (TPSA) is 131 Å². The van der Waals surface area contributed by atoms with Gasteiger partial charge >= 0.3 is 0 Å². The predicted molar refractivity (Wildman–Crippen MR) is 279 cm³/mol. The lowest BCUT2D eigenvalue weighted by atomic mass is 9.74. The van der Waals surface area contributed by atoms with E-state index in [1.807, 2.05) is 115 Å². The molecule has 0 bridgehead atoms. The van der Waals surface area contributed by atoms with Crippen LogP contribution in [0.25, 0.3) is 0 Å². The maximum absolute atomic E-state index is 14.1. The van der Waals surface area contributed by atoms with Gasteiger partial charge in [0.25, 0.3) is 14.0 Å². The Morgan fingerprint density at radius 3 is 1.64 bits per heavy atom. The van der Waals surface area contributed by atoms with Crippen LogP contribution in [0.15, 0.2) is 210 Å². The summed E-state index contributed by atoms with van der Waals surface area (Å²) in [6.07, 6.45) is -0.596. The Labute approximate surface area is 415 Å². The maximum Gasteiger partial charge on any atom is 0.289 e. The van der Waals surface area contributed by atoms with Gasteiger partial charge in [0.2, 0.25) is 10.0 Å². The third-order valence-corrected chi connectivity index (χ3v) is 20.4. The van der Waals surface area contributed by atoms with Gasteiger partial charge in [-0.3, -0.25) is 15.0 Å². The van der Waals surface area contributed by atoms with Gasteiger partial charge in [0.15, 0.2) is 4.90 Å². The largest absolute Gasteiger partial charge is 0.407 e. The average molecular weight is 1030 g/mol. The minimum absolute atomic E-state index is 0.0991. The normalized spacial score (nSPS) is 17.2. The zero-order chi connectivity index (χ0) is 48.7. The van der Waals surface area contributed by atoms with E-state index < -0.39 is 51.6 Å². The first-order valence-electron chi connectivity index (χ1n) is 23.2. The summed E-state index contributed by atoms with van der Waals surface area (Å²) in [5.41, 5.74) is 2.18. The van der Waals surface area contributed by atoms with Crippen LogP contribution in [0, 0.1) is 10.1 Å². The van der Waals surface area contributed by atoms with Crippen molar-refractivity contribution in [3.63, 3.8) is 0 Å². The number of para-hydroxylation sites is 1. The molecular formula is C56H58BrN3O7SSi. The van der Waals surface area contributed by atoms with E-state index in [0.717, 1.165) is 37.1 Å². The molecule has 1 fully saturated rings. The molecule has 7 aromatic carbocycles. The van der Waals surface area contributed by atoms with Crippen molar-refractivity contribution < 1.29 is 27.6 Å². The second kappa shape index (κ2) is 21.6. The van der Waals surface area contributed by atoms with Crippen LogP contribution in [0.5, 0.6) is 0 Å². The number of rotatable bonds is 20. The van der Waals surface area contributed by atoms with Crippen molar-refractivity contribution in [1.29, 1.82) is 0 Å². The fraction of sp³-hybridized carbons (Fsp3) is 0.250. The summed E-state index contributed by atoms with van der Waals surface area (Å²) in [7, 11) is -7.28. The molecule has 69 heavy (non-hydrogen) atoms. The Bertz CT molecular complexity index is 2740. The van der Waals surface area contributed by atoms with Crippen LogP contribution in [-0.2, 0) is 24.8 Å². The number of likely N-dealkylation sites (tertiary alicyclic amines) is 1. The van der Waals surface area contributed by atoms with Gasteiger partial charge in [-0.25, -0.2) is 13.1 Å². The van der Waals surface area contributed by atoms with E-state index in [4.69, 9.17) is 9.16 Å². The zero-order valence-electron chi connectivity index (χ0n) is 39.0. The van der Waals surface area contributed by atoms with Crippen LogP contribution in [0.3, 0.4) is 0 Å². The molecule has 0 unspecified atom stereocenters. The second-order valence-electron chi connectivity index (χ2n) is 18.5. The molecule has 2 N–H and O–H groups in total. The minimum Gasteiger partial charge on any atom is -0.407 e. The summed E-state index contributed by atoms with van der Waals surface area (Å²) >= 11 is 3.60. The van der Waals surface area contributed by atoms with Crippen molar-refractivity contribution in [3.05, 3.63) is 237 Å². The molecule has 13 heteroatoms. The molecule has 356 valence electrons. The van der Waals surface area contributed by atoms with E-state index in [9.17, 15) is 23.6 Å². The summed E-state index contributed by atoms with van der Waals surface area (Å²) in [4.78, 5) is 13.1. The third kappa shape index (κ3) is 10.5. The molecule has 7 aromatic rings. The lowest BCUT2D eigenvalue weighted by molar-refractivity contribution is -0.387. The van der Waals surface area contributed by atoms with Crippen LogP contribution in [-0.4, -0.2) is 76.2 Å². The highest BCUT2D eigenvalue weighted by Crippen LogP contribution is 2.46. The van der Waals surface area contributed by atoms with Crippen molar-refractivity contribution >= 4 is 50.3 Å². The second-order valence-corrected chi connectivity index (χ2v) is 25.5. The van der Waals surface area contributed by atoms with Crippen LogP contribution in [0.4, 0.5) is 5.69 Å². The number of ether oxygens (including phenoxy) is 1.